The van der Waals surface area contributed by atoms with E-state index in [0.717, 1.165) is 5.69 Å². The van der Waals surface area contributed by atoms with Gasteiger partial charge in [-0.2, -0.15) is 0 Å². The minimum Gasteiger partial charge on any atom is -0.352 e. The molecule has 0 aromatic heterocycles. The standard InChI is InChI=1S/C22H22N2S/c1-16-8-6-12-19(14-16)21(18-10-4-3-5-11-18)24-22(25)23-20-13-7-9-17(2)15-20/h3-15,21H,1-2H3,(H2,23,24,25). The lowest BCUT2D eigenvalue weighted by molar-refractivity contribution is 0.768. The molecule has 0 bridgehead atoms. The second kappa shape index (κ2) is 7.95. The molecule has 0 saturated carbocycles. The van der Waals surface area contributed by atoms with Crippen LogP contribution in [0, 0.1) is 13.8 Å². The summed E-state index contributed by atoms with van der Waals surface area (Å²) in [6, 6.07) is 27.1. The zero-order valence-corrected chi connectivity index (χ0v) is 15.3. The quantitative estimate of drug-likeness (QED) is 0.620. The Balaban J connectivity index is 1.84. The second-order valence-electron chi connectivity index (χ2n) is 6.23. The number of rotatable bonds is 4. The van der Waals surface area contributed by atoms with E-state index in [9.17, 15) is 0 Å². The van der Waals surface area contributed by atoms with Gasteiger partial charge in [0.05, 0.1) is 6.04 Å². The first kappa shape index (κ1) is 17.2. The molecule has 0 heterocycles. The van der Waals surface area contributed by atoms with Crippen LogP contribution < -0.4 is 10.6 Å². The first-order chi connectivity index (χ1) is 12.1. The fraction of sp³-hybridized carbons (Fsp3) is 0.136. The summed E-state index contributed by atoms with van der Waals surface area (Å²) in [4.78, 5) is 0. The van der Waals surface area contributed by atoms with E-state index in [-0.39, 0.29) is 6.04 Å². The van der Waals surface area contributed by atoms with Crippen LogP contribution in [0.3, 0.4) is 0 Å². The maximum absolute atomic E-state index is 5.57. The molecule has 25 heavy (non-hydrogen) atoms. The molecule has 3 rings (SSSR count). The fourth-order valence-corrected chi connectivity index (χ4v) is 3.11. The highest BCUT2D eigenvalue weighted by molar-refractivity contribution is 7.80. The Hall–Kier alpha value is -2.65. The van der Waals surface area contributed by atoms with Gasteiger partial charge in [-0.1, -0.05) is 72.3 Å². The van der Waals surface area contributed by atoms with Crippen molar-refractivity contribution in [2.45, 2.75) is 19.9 Å². The van der Waals surface area contributed by atoms with Gasteiger partial charge in [0.1, 0.15) is 0 Å². The zero-order chi connectivity index (χ0) is 17.6. The van der Waals surface area contributed by atoms with E-state index in [4.69, 9.17) is 12.2 Å². The lowest BCUT2D eigenvalue weighted by atomic mass is 9.97. The third kappa shape index (κ3) is 4.68. The molecule has 0 amide bonds. The van der Waals surface area contributed by atoms with Crippen LogP contribution in [0.25, 0.3) is 0 Å². The molecule has 0 saturated heterocycles. The Bertz CT molecular complexity index is 859. The third-order valence-corrected chi connectivity index (χ3v) is 4.28. The van der Waals surface area contributed by atoms with Crippen LogP contribution in [0.2, 0.25) is 0 Å². The van der Waals surface area contributed by atoms with Crippen LogP contribution >= 0.6 is 12.2 Å². The van der Waals surface area contributed by atoms with Crippen molar-refractivity contribution in [3.63, 3.8) is 0 Å². The summed E-state index contributed by atoms with van der Waals surface area (Å²) in [7, 11) is 0. The molecule has 3 aromatic carbocycles. The lowest BCUT2D eigenvalue weighted by Crippen LogP contribution is -2.33. The molecule has 0 fully saturated rings. The van der Waals surface area contributed by atoms with Gasteiger partial charge in [-0.05, 0) is 54.9 Å². The Morgan fingerprint density at radius 1 is 0.760 bits per heavy atom. The van der Waals surface area contributed by atoms with E-state index in [1.165, 1.54) is 22.3 Å². The van der Waals surface area contributed by atoms with E-state index in [2.05, 4.69) is 85.1 Å². The highest BCUT2D eigenvalue weighted by atomic mass is 32.1. The molecule has 126 valence electrons. The van der Waals surface area contributed by atoms with Crippen LogP contribution in [0.15, 0.2) is 78.9 Å². The molecule has 0 radical (unpaired) electrons. The lowest BCUT2D eigenvalue weighted by Gasteiger charge is -2.22. The third-order valence-electron chi connectivity index (χ3n) is 4.06. The van der Waals surface area contributed by atoms with Crippen LogP contribution in [0.1, 0.15) is 28.3 Å². The van der Waals surface area contributed by atoms with E-state index in [1.54, 1.807) is 0 Å². The Morgan fingerprint density at radius 2 is 1.40 bits per heavy atom. The van der Waals surface area contributed by atoms with E-state index in [0.29, 0.717) is 5.11 Å². The van der Waals surface area contributed by atoms with Gasteiger partial charge in [-0.15, -0.1) is 0 Å². The SMILES string of the molecule is Cc1cccc(NC(=S)NC(c2ccccc2)c2cccc(C)c2)c1. The summed E-state index contributed by atoms with van der Waals surface area (Å²) in [6.45, 7) is 4.18. The van der Waals surface area contributed by atoms with E-state index in [1.807, 2.05) is 18.2 Å². The van der Waals surface area contributed by atoms with Gasteiger partial charge in [-0.3, -0.25) is 0 Å². The Labute approximate surface area is 154 Å². The van der Waals surface area contributed by atoms with E-state index >= 15 is 0 Å². The average molecular weight is 346 g/mol. The molecule has 1 atom stereocenters. The molecular formula is C22H22N2S. The highest BCUT2D eigenvalue weighted by Crippen LogP contribution is 2.23. The van der Waals surface area contributed by atoms with Crippen LogP contribution in [0.4, 0.5) is 5.69 Å². The molecule has 3 aromatic rings. The number of aryl methyl sites for hydroxylation is 2. The van der Waals surface area contributed by atoms with Gasteiger partial charge in [0.25, 0.3) is 0 Å². The number of benzene rings is 3. The maximum atomic E-state index is 5.57. The molecule has 0 aliphatic rings. The van der Waals surface area contributed by atoms with Crippen molar-refractivity contribution in [2.75, 3.05) is 5.32 Å². The summed E-state index contributed by atoms with van der Waals surface area (Å²) in [6.07, 6.45) is 0. The Kier molecular flexibility index (Phi) is 5.46. The first-order valence-electron chi connectivity index (χ1n) is 8.37. The van der Waals surface area contributed by atoms with E-state index < -0.39 is 0 Å². The van der Waals surface area contributed by atoms with Crippen LogP contribution in [-0.2, 0) is 0 Å². The normalized spacial score (nSPS) is 11.6. The molecule has 1 unspecified atom stereocenters. The number of anilines is 1. The van der Waals surface area contributed by atoms with Gasteiger partial charge in [0.2, 0.25) is 0 Å². The highest BCUT2D eigenvalue weighted by Gasteiger charge is 2.15. The van der Waals surface area contributed by atoms with Crippen molar-refractivity contribution in [1.82, 2.24) is 5.32 Å². The molecular weight excluding hydrogens is 324 g/mol. The molecule has 3 heteroatoms. The average Bonchev–Trinajstić information content (AvgIpc) is 2.60. The van der Waals surface area contributed by atoms with Crippen LogP contribution in [-0.4, -0.2) is 5.11 Å². The predicted octanol–water partition coefficient (Wildman–Crippen LogP) is 5.38. The van der Waals surface area contributed by atoms with Gasteiger partial charge in [0, 0.05) is 5.69 Å². The predicted molar refractivity (Wildman–Crippen MR) is 110 cm³/mol. The summed E-state index contributed by atoms with van der Waals surface area (Å²) in [5.74, 6) is 0. The maximum Gasteiger partial charge on any atom is 0.171 e. The molecule has 0 aliphatic carbocycles. The van der Waals surface area contributed by atoms with Crippen molar-refractivity contribution in [2.24, 2.45) is 0 Å². The first-order valence-corrected chi connectivity index (χ1v) is 8.78. The van der Waals surface area contributed by atoms with Crippen molar-refractivity contribution in [1.29, 1.82) is 0 Å². The number of hydrogen-bond donors (Lipinski definition) is 2. The van der Waals surface area contributed by atoms with Gasteiger partial charge < -0.3 is 10.6 Å². The smallest absolute Gasteiger partial charge is 0.171 e. The van der Waals surface area contributed by atoms with Gasteiger partial charge in [-0.25, -0.2) is 0 Å². The van der Waals surface area contributed by atoms with Crippen molar-refractivity contribution in [3.8, 4) is 0 Å². The van der Waals surface area contributed by atoms with Crippen molar-refractivity contribution >= 4 is 23.0 Å². The minimum absolute atomic E-state index is 0.00547. The van der Waals surface area contributed by atoms with Crippen molar-refractivity contribution < 1.29 is 0 Å². The summed E-state index contributed by atoms with van der Waals surface area (Å²) in [5.41, 5.74) is 5.80. The van der Waals surface area contributed by atoms with Gasteiger partial charge >= 0.3 is 0 Å². The largest absolute Gasteiger partial charge is 0.352 e. The Morgan fingerprint density at radius 3 is 2.08 bits per heavy atom. The van der Waals surface area contributed by atoms with Gasteiger partial charge in [0.15, 0.2) is 5.11 Å². The molecule has 0 aliphatic heterocycles. The second-order valence-corrected chi connectivity index (χ2v) is 6.63. The summed E-state index contributed by atoms with van der Waals surface area (Å²) >= 11 is 5.57. The number of hydrogen-bond acceptors (Lipinski definition) is 1. The molecule has 2 N–H and O–H groups in total. The minimum atomic E-state index is 0.00547. The number of thiocarbonyl (C=S) groups is 1. The topological polar surface area (TPSA) is 24.1 Å². The summed E-state index contributed by atoms with van der Waals surface area (Å²) < 4.78 is 0. The van der Waals surface area contributed by atoms with Crippen LogP contribution in [0.5, 0.6) is 0 Å². The summed E-state index contributed by atoms with van der Waals surface area (Å²) in [5, 5.41) is 7.36. The number of nitrogens with one attached hydrogen (secondary N) is 2. The molecule has 0 spiro atoms. The zero-order valence-electron chi connectivity index (χ0n) is 14.5. The molecule has 2 nitrogen and oxygen atoms in total. The monoisotopic (exact) mass is 346 g/mol. The van der Waals surface area contributed by atoms with Crippen molar-refractivity contribution in [3.05, 3.63) is 101 Å². The fourth-order valence-electron chi connectivity index (χ4n) is 2.88.